The Morgan fingerprint density at radius 1 is 1.50 bits per heavy atom. The predicted molar refractivity (Wildman–Crippen MR) is 39.4 cm³/mol. The summed E-state index contributed by atoms with van der Waals surface area (Å²) in [6.07, 6.45) is 0. The molecule has 0 unspecified atom stereocenters. The number of nitrogens with zero attached hydrogens (tertiary/aromatic N) is 1. The van der Waals surface area contributed by atoms with E-state index < -0.39 is 0 Å². The molecule has 4 nitrogen and oxygen atoms in total. The molecule has 0 heterocycles. The van der Waals surface area contributed by atoms with Gasteiger partial charge in [-0.1, -0.05) is 0 Å². The second kappa shape index (κ2) is 9.94. The Hall–Kier alpha value is -0.190. The summed E-state index contributed by atoms with van der Waals surface area (Å²) in [6, 6.07) is 0. The van der Waals surface area contributed by atoms with Gasteiger partial charge in [0.15, 0.2) is 0 Å². The Bertz CT molecular complexity index is 63.1. The molecular weight excluding hydrogens is 151 g/mol. The zero-order valence-electron chi connectivity index (χ0n) is 4.42. The standard InChI is InChI=1S/C2H8N4.2ClH/c1-5-2(3)6-4;;/h4H2,1H3,(H3,3,5,6);2*1H. The molecule has 0 aromatic heterocycles. The summed E-state index contributed by atoms with van der Waals surface area (Å²) >= 11 is 0. The molecule has 0 rings (SSSR count). The fourth-order valence-electron chi connectivity index (χ4n) is 0.0645. The third kappa shape index (κ3) is 9.26. The number of guanidine groups is 1. The maximum atomic E-state index is 4.99. The molecule has 0 radical (unpaired) electrons. The Morgan fingerprint density at radius 2 is 1.88 bits per heavy atom. The summed E-state index contributed by atoms with van der Waals surface area (Å²) in [4.78, 5) is 3.47. The van der Waals surface area contributed by atoms with Crippen LogP contribution in [-0.2, 0) is 0 Å². The molecule has 0 saturated heterocycles. The SMILES string of the molecule is CN=C(N)NN.Cl.Cl. The van der Waals surface area contributed by atoms with Crippen molar-refractivity contribution in [1.82, 2.24) is 5.43 Å². The first-order valence-corrected chi connectivity index (χ1v) is 1.50. The van der Waals surface area contributed by atoms with Gasteiger partial charge in [0.05, 0.1) is 0 Å². The van der Waals surface area contributed by atoms with Gasteiger partial charge in [-0.05, 0) is 0 Å². The average Bonchev–Trinajstić information content (AvgIpc) is 1.65. The summed E-state index contributed by atoms with van der Waals surface area (Å²) in [5.41, 5.74) is 7.13. The molecule has 0 aromatic carbocycles. The molecule has 0 atom stereocenters. The van der Waals surface area contributed by atoms with E-state index in [1.165, 1.54) is 0 Å². The lowest BCUT2D eigenvalue weighted by atomic mass is 11.0. The highest BCUT2D eigenvalue weighted by molar-refractivity contribution is 5.85. The quantitative estimate of drug-likeness (QED) is 0.189. The van der Waals surface area contributed by atoms with Crippen molar-refractivity contribution in [3.63, 3.8) is 0 Å². The van der Waals surface area contributed by atoms with Crippen molar-refractivity contribution in [2.24, 2.45) is 16.6 Å². The summed E-state index contributed by atoms with van der Waals surface area (Å²) in [7, 11) is 1.55. The molecule has 0 amide bonds. The van der Waals surface area contributed by atoms with Crippen LogP contribution < -0.4 is 17.0 Å². The minimum Gasteiger partial charge on any atom is -0.369 e. The summed E-state index contributed by atoms with van der Waals surface area (Å²) in [5, 5.41) is 0. The lowest BCUT2D eigenvalue weighted by molar-refractivity contribution is 1.00. The molecule has 0 fully saturated rings. The Balaban J connectivity index is -0.000000125. The molecule has 5 N–H and O–H groups in total. The lowest BCUT2D eigenvalue weighted by Crippen LogP contribution is -2.36. The Labute approximate surface area is 60.5 Å². The van der Waals surface area contributed by atoms with E-state index in [1.807, 2.05) is 0 Å². The van der Waals surface area contributed by atoms with Crippen LogP contribution in [0.5, 0.6) is 0 Å². The fraction of sp³-hybridized carbons (Fsp3) is 0.500. The molecular formula is C2H10Cl2N4. The number of hydrogen-bond donors (Lipinski definition) is 3. The fourth-order valence-corrected chi connectivity index (χ4v) is 0.0645. The molecule has 0 spiro atoms. The number of hydrogen-bond acceptors (Lipinski definition) is 2. The van der Waals surface area contributed by atoms with Gasteiger partial charge in [-0.3, -0.25) is 10.4 Å². The van der Waals surface area contributed by atoms with Crippen molar-refractivity contribution in [2.45, 2.75) is 0 Å². The highest BCUT2D eigenvalue weighted by atomic mass is 35.5. The van der Waals surface area contributed by atoms with Crippen LogP contribution in [-0.4, -0.2) is 13.0 Å². The minimum atomic E-state index is 0. The van der Waals surface area contributed by atoms with E-state index in [-0.39, 0.29) is 30.8 Å². The third-order valence-corrected chi connectivity index (χ3v) is 0.389. The van der Waals surface area contributed by atoms with Crippen molar-refractivity contribution < 1.29 is 0 Å². The van der Waals surface area contributed by atoms with Crippen molar-refractivity contribution in [1.29, 1.82) is 0 Å². The van der Waals surface area contributed by atoms with Gasteiger partial charge in [0.2, 0.25) is 5.96 Å². The maximum Gasteiger partial charge on any atom is 0.202 e. The molecule has 0 aliphatic heterocycles. The number of halogens is 2. The number of nitrogens with two attached hydrogens (primary N) is 2. The summed E-state index contributed by atoms with van der Waals surface area (Å²) < 4.78 is 0. The molecule has 6 heteroatoms. The topological polar surface area (TPSA) is 76.4 Å². The normalized spacial score (nSPS) is 8.50. The van der Waals surface area contributed by atoms with E-state index in [0.717, 1.165) is 0 Å². The first-order valence-electron chi connectivity index (χ1n) is 1.50. The van der Waals surface area contributed by atoms with Crippen LogP contribution in [0, 0.1) is 0 Å². The molecule has 0 saturated carbocycles. The maximum absolute atomic E-state index is 4.99. The number of hydrazine groups is 1. The van der Waals surface area contributed by atoms with Crippen molar-refractivity contribution in [3.05, 3.63) is 0 Å². The van der Waals surface area contributed by atoms with Gasteiger partial charge in [-0.25, -0.2) is 5.84 Å². The van der Waals surface area contributed by atoms with Crippen LogP contribution >= 0.6 is 24.8 Å². The molecule has 0 bridgehead atoms. The second-order valence-corrected chi connectivity index (χ2v) is 0.753. The van der Waals surface area contributed by atoms with E-state index >= 15 is 0 Å². The number of nitrogens with one attached hydrogen (secondary N) is 1. The lowest BCUT2D eigenvalue weighted by Gasteiger charge is -1.90. The van der Waals surface area contributed by atoms with E-state index in [1.54, 1.807) is 7.05 Å². The van der Waals surface area contributed by atoms with Gasteiger partial charge >= 0.3 is 0 Å². The smallest absolute Gasteiger partial charge is 0.202 e. The molecule has 52 valence electrons. The van der Waals surface area contributed by atoms with Gasteiger partial charge < -0.3 is 5.73 Å². The van der Waals surface area contributed by atoms with Crippen LogP contribution in [0.4, 0.5) is 0 Å². The number of rotatable bonds is 0. The van der Waals surface area contributed by atoms with Crippen molar-refractivity contribution in [2.75, 3.05) is 7.05 Å². The van der Waals surface area contributed by atoms with Crippen LogP contribution in [0.15, 0.2) is 4.99 Å². The van der Waals surface area contributed by atoms with Gasteiger partial charge in [0.1, 0.15) is 0 Å². The van der Waals surface area contributed by atoms with E-state index in [0.29, 0.717) is 0 Å². The van der Waals surface area contributed by atoms with Crippen molar-refractivity contribution >= 4 is 30.8 Å². The first-order chi connectivity index (χ1) is 2.81. The Morgan fingerprint density at radius 3 is 1.88 bits per heavy atom. The zero-order chi connectivity index (χ0) is 4.99. The third-order valence-electron chi connectivity index (χ3n) is 0.389. The molecule has 8 heavy (non-hydrogen) atoms. The number of aliphatic imine (C=N–C) groups is 1. The van der Waals surface area contributed by atoms with Gasteiger partial charge in [-0.15, -0.1) is 24.8 Å². The Kier molecular flexibility index (Phi) is 19.4. The average molecular weight is 161 g/mol. The van der Waals surface area contributed by atoms with E-state index in [9.17, 15) is 0 Å². The highest BCUT2D eigenvalue weighted by Gasteiger charge is 1.72. The largest absolute Gasteiger partial charge is 0.369 e. The first kappa shape index (κ1) is 15.7. The van der Waals surface area contributed by atoms with Crippen LogP contribution in [0.2, 0.25) is 0 Å². The summed E-state index contributed by atoms with van der Waals surface area (Å²) in [6.45, 7) is 0. The zero-order valence-corrected chi connectivity index (χ0v) is 6.05. The molecule has 0 aliphatic carbocycles. The van der Waals surface area contributed by atoms with Crippen LogP contribution in [0.25, 0.3) is 0 Å². The highest BCUT2D eigenvalue weighted by Crippen LogP contribution is 1.45. The van der Waals surface area contributed by atoms with Crippen LogP contribution in [0.1, 0.15) is 0 Å². The van der Waals surface area contributed by atoms with E-state index in [4.69, 9.17) is 11.6 Å². The molecule has 0 aromatic rings. The second-order valence-electron chi connectivity index (χ2n) is 0.753. The van der Waals surface area contributed by atoms with Gasteiger partial charge in [0.25, 0.3) is 0 Å². The summed E-state index contributed by atoms with van der Waals surface area (Å²) in [5.74, 6) is 5.02. The predicted octanol–water partition coefficient (Wildman–Crippen LogP) is -0.762. The van der Waals surface area contributed by atoms with Gasteiger partial charge in [-0.2, -0.15) is 0 Å². The monoisotopic (exact) mass is 160 g/mol. The van der Waals surface area contributed by atoms with Crippen molar-refractivity contribution in [3.8, 4) is 0 Å². The molecule has 0 aliphatic rings. The van der Waals surface area contributed by atoms with Crippen LogP contribution in [0.3, 0.4) is 0 Å². The van der Waals surface area contributed by atoms with E-state index in [2.05, 4.69) is 10.4 Å². The van der Waals surface area contributed by atoms with Gasteiger partial charge in [0, 0.05) is 7.05 Å². The minimum absolute atomic E-state index is 0.